The molecule has 0 aliphatic carbocycles. The summed E-state index contributed by atoms with van der Waals surface area (Å²) in [7, 11) is 0. The highest BCUT2D eigenvalue weighted by Crippen LogP contribution is 2.28. The molecule has 1 aromatic heterocycles. The summed E-state index contributed by atoms with van der Waals surface area (Å²) >= 11 is 0. The van der Waals surface area contributed by atoms with Gasteiger partial charge < -0.3 is 9.26 Å². The Morgan fingerprint density at radius 2 is 2.54 bits per heavy atom. The topological polar surface area (TPSA) is 52.3 Å². The van der Waals surface area contributed by atoms with Crippen LogP contribution >= 0.6 is 0 Å². The van der Waals surface area contributed by atoms with Gasteiger partial charge in [-0.1, -0.05) is 5.16 Å². The Balaban J connectivity index is 2.16. The standard InChI is InChI=1S/C9H11NO3/c1-6(11)7-5-9(13-10-7)8-3-2-4-12-8/h5,8H,2-4H2,1H3. The lowest BCUT2D eigenvalue weighted by Gasteiger charge is -2.01. The molecule has 1 fully saturated rings. The molecule has 0 saturated carbocycles. The van der Waals surface area contributed by atoms with Crippen molar-refractivity contribution in [3.8, 4) is 0 Å². The molecular formula is C9H11NO3. The first-order chi connectivity index (χ1) is 6.27. The Kier molecular flexibility index (Phi) is 2.14. The summed E-state index contributed by atoms with van der Waals surface area (Å²) in [5.41, 5.74) is 0.380. The predicted molar refractivity (Wildman–Crippen MR) is 44.4 cm³/mol. The Bertz CT molecular complexity index is 312. The Labute approximate surface area is 75.9 Å². The third-order valence-electron chi connectivity index (χ3n) is 2.14. The van der Waals surface area contributed by atoms with Crippen LogP contribution in [0.15, 0.2) is 10.6 Å². The first-order valence-corrected chi connectivity index (χ1v) is 4.36. The highest BCUT2D eigenvalue weighted by molar-refractivity contribution is 5.91. The van der Waals surface area contributed by atoms with Gasteiger partial charge in [0.15, 0.2) is 11.5 Å². The van der Waals surface area contributed by atoms with Crippen LogP contribution in [0.1, 0.15) is 42.1 Å². The zero-order valence-electron chi connectivity index (χ0n) is 7.45. The second-order valence-electron chi connectivity index (χ2n) is 3.17. The van der Waals surface area contributed by atoms with Crippen LogP contribution in [0.25, 0.3) is 0 Å². The van der Waals surface area contributed by atoms with E-state index < -0.39 is 0 Å². The number of Topliss-reactive ketones (excluding diaryl/α,β-unsaturated/α-hetero) is 1. The van der Waals surface area contributed by atoms with Crippen LogP contribution in [0.2, 0.25) is 0 Å². The van der Waals surface area contributed by atoms with Gasteiger partial charge in [-0.15, -0.1) is 0 Å². The van der Waals surface area contributed by atoms with Crippen molar-refractivity contribution in [3.63, 3.8) is 0 Å². The van der Waals surface area contributed by atoms with Gasteiger partial charge in [-0.3, -0.25) is 4.79 Å². The van der Waals surface area contributed by atoms with E-state index in [0.717, 1.165) is 19.4 Å². The van der Waals surface area contributed by atoms with Crippen molar-refractivity contribution in [2.45, 2.75) is 25.9 Å². The number of rotatable bonds is 2. The molecule has 0 bridgehead atoms. The molecule has 70 valence electrons. The summed E-state index contributed by atoms with van der Waals surface area (Å²) in [5, 5.41) is 3.66. The fourth-order valence-electron chi connectivity index (χ4n) is 1.41. The van der Waals surface area contributed by atoms with Crippen LogP contribution in [0.4, 0.5) is 0 Å². The molecule has 0 amide bonds. The van der Waals surface area contributed by atoms with Gasteiger partial charge in [0.05, 0.1) is 0 Å². The third kappa shape index (κ3) is 1.62. The van der Waals surface area contributed by atoms with E-state index in [1.807, 2.05) is 0 Å². The van der Waals surface area contributed by atoms with Crippen molar-refractivity contribution in [2.24, 2.45) is 0 Å². The summed E-state index contributed by atoms with van der Waals surface area (Å²) < 4.78 is 10.4. The molecule has 1 aliphatic rings. The van der Waals surface area contributed by atoms with Gasteiger partial charge in [-0.2, -0.15) is 0 Å². The number of ether oxygens (including phenoxy) is 1. The second-order valence-corrected chi connectivity index (χ2v) is 3.17. The van der Waals surface area contributed by atoms with Crippen LogP contribution < -0.4 is 0 Å². The van der Waals surface area contributed by atoms with Crippen molar-refractivity contribution >= 4 is 5.78 Å². The third-order valence-corrected chi connectivity index (χ3v) is 2.14. The fourth-order valence-corrected chi connectivity index (χ4v) is 1.41. The second kappa shape index (κ2) is 3.30. The van der Waals surface area contributed by atoms with Crippen molar-refractivity contribution < 1.29 is 14.1 Å². The summed E-state index contributed by atoms with van der Waals surface area (Å²) in [6.45, 7) is 2.23. The Morgan fingerprint density at radius 3 is 3.08 bits per heavy atom. The maximum atomic E-state index is 10.9. The molecule has 0 radical (unpaired) electrons. The van der Waals surface area contributed by atoms with E-state index in [9.17, 15) is 4.79 Å². The smallest absolute Gasteiger partial charge is 0.181 e. The number of carbonyl (C=O) groups is 1. The molecule has 2 heterocycles. The highest BCUT2D eigenvalue weighted by atomic mass is 16.5. The van der Waals surface area contributed by atoms with Crippen LogP contribution in [0.5, 0.6) is 0 Å². The molecular weight excluding hydrogens is 170 g/mol. The monoisotopic (exact) mass is 181 g/mol. The van der Waals surface area contributed by atoms with Crippen LogP contribution in [0, 0.1) is 0 Å². The van der Waals surface area contributed by atoms with E-state index in [-0.39, 0.29) is 11.9 Å². The molecule has 4 heteroatoms. The van der Waals surface area contributed by atoms with Crippen molar-refractivity contribution in [1.82, 2.24) is 5.16 Å². The lowest BCUT2D eigenvalue weighted by atomic mass is 10.2. The predicted octanol–water partition coefficient (Wildman–Crippen LogP) is 1.73. The summed E-state index contributed by atoms with van der Waals surface area (Å²) in [4.78, 5) is 10.9. The number of nitrogens with zero attached hydrogens (tertiary/aromatic N) is 1. The van der Waals surface area contributed by atoms with Crippen LogP contribution in [0.3, 0.4) is 0 Å². The molecule has 1 atom stereocenters. The molecule has 2 rings (SSSR count). The summed E-state index contributed by atoms with van der Waals surface area (Å²) in [6, 6.07) is 1.66. The molecule has 1 aliphatic heterocycles. The zero-order chi connectivity index (χ0) is 9.26. The Hall–Kier alpha value is -1.16. The van der Waals surface area contributed by atoms with E-state index in [1.165, 1.54) is 6.92 Å². The average molecular weight is 181 g/mol. The molecule has 1 unspecified atom stereocenters. The minimum Gasteiger partial charge on any atom is -0.370 e. The summed E-state index contributed by atoms with van der Waals surface area (Å²) in [5.74, 6) is 0.593. The van der Waals surface area contributed by atoms with Gasteiger partial charge in [0.25, 0.3) is 0 Å². The molecule has 13 heavy (non-hydrogen) atoms. The number of ketones is 1. The number of carbonyl (C=O) groups excluding carboxylic acids is 1. The first-order valence-electron chi connectivity index (χ1n) is 4.36. The van der Waals surface area contributed by atoms with Gasteiger partial charge in [0, 0.05) is 19.6 Å². The highest BCUT2D eigenvalue weighted by Gasteiger charge is 2.22. The quantitative estimate of drug-likeness (QED) is 0.652. The van der Waals surface area contributed by atoms with Gasteiger partial charge >= 0.3 is 0 Å². The van der Waals surface area contributed by atoms with E-state index >= 15 is 0 Å². The number of hydrogen-bond acceptors (Lipinski definition) is 4. The minimum absolute atomic E-state index is 0.000556. The number of aromatic nitrogens is 1. The Morgan fingerprint density at radius 1 is 1.69 bits per heavy atom. The minimum atomic E-state index is -0.0759. The maximum Gasteiger partial charge on any atom is 0.181 e. The molecule has 1 aromatic rings. The molecule has 0 N–H and O–H groups in total. The largest absolute Gasteiger partial charge is 0.370 e. The summed E-state index contributed by atoms with van der Waals surface area (Å²) in [6.07, 6.45) is 1.99. The molecule has 0 spiro atoms. The van der Waals surface area contributed by atoms with Crippen LogP contribution in [-0.4, -0.2) is 17.5 Å². The lowest BCUT2D eigenvalue weighted by molar-refractivity contribution is 0.0873. The van der Waals surface area contributed by atoms with E-state index in [0.29, 0.717) is 11.5 Å². The molecule has 1 saturated heterocycles. The zero-order valence-corrected chi connectivity index (χ0v) is 7.45. The lowest BCUT2D eigenvalue weighted by Crippen LogP contribution is -1.93. The SMILES string of the molecule is CC(=O)c1cc(C2CCCO2)on1. The fraction of sp³-hybridized carbons (Fsp3) is 0.556. The average Bonchev–Trinajstić information content (AvgIpc) is 2.75. The van der Waals surface area contributed by atoms with Crippen LogP contribution in [-0.2, 0) is 4.74 Å². The van der Waals surface area contributed by atoms with Gasteiger partial charge in [0.1, 0.15) is 11.8 Å². The van der Waals surface area contributed by atoms with Gasteiger partial charge in [-0.05, 0) is 12.8 Å². The van der Waals surface area contributed by atoms with E-state index in [2.05, 4.69) is 5.16 Å². The molecule has 4 nitrogen and oxygen atoms in total. The molecule has 0 aromatic carbocycles. The van der Waals surface area contributed by atoms with Gasteiger partial charge in [-0.25, -0.2) is 0 Å². The first kappa shape index (κ1) is 8.44. The van der Waals surface area contributed by atoms with Gasteiger partial charge in [0.2, 0.25) is 0 Å². The van der Waals surface area contributed by atoms with Crippen molar-refractivity contribution in [1.29, 1.82) is 0 Å². The normalized spacial score (nSPS) is 22.1. The maximum absolute atomic E-state index is 10.9. The van der Waals surface area contributed by atoms with Crippen molar-refractivity contribution in [3.05, 3.63) is 17.5 Å². The van der Waals surface area contributed by atoms with E-state index in [1.54, 1.807) is 6.07 Å². The van der Waals surface area contributed by atoms with Crippen molar-refractivity contribution in [2.75, 3.05) is 6.61 Å². The van der Waals surface area contributed by atoms with E-state index in [4.69, 9.17) is 9.26 Å². The number of hydrogen-bond donors (Lipinski definition) is 0.